The molecule has 1 aliphatic rings. The van der Waals surface area contributed by atoms with E-state index < -0.39 is 70.9 Å². The summed E-state index contributed by atoms with van der Waals surface area (Å²) in [6.45, 7) is -2.34. The summed E-state index contributed by atoms with van der Waals surface area (Å²) in [5.74, 6) is -10.2. The molecular weight excluding hydrogens is 367 g/mol. The highest BCUT2D eigenvalue weighted by atomic mass is 19.4. The number of allylic oxidation sites excluding steroid dienone is 1. The Labute approximate surface area is 126 Å². The van der Waals surface area contributed by atoms with Crippen LogP contribution in [0.1, 0.15) is 0 Å². The highest BCUT2D eigenvalue weighted by Gasteiger charge is 2.52. The van der Waals surface area contributed by atoms with E-state index in [9.17, 15) is 53.9 Å². The van der Waals surface area contributed by atoms with Gasteiger partial charge in [-0.05, 0) is 0 Å². The molecule has 0 bridgehead atoms. The quantitative estimate of drug-likeness (QED) is 0.521. The highest BCUT2D eigenvalue weighted by Crippen LogP contribution is 2.31. The fourth-order valence-electron chi connectivity index (χ4n) is 1.65. The van der Waals surface area contributed by atoms with Gasteiger partial charge in [-0.1, -0.05) is 0 Å². The average Bonchev–Trinajstić information content (AvgIpc) is 2.76. The molecule has 0 unspecified atom stereocenters. The predicted molar refractivity (Wildman–Crippen MR) is 54.7 cm³/mol. The van der Waals surface area contributed by atoms with E-state index in [4.69, 9.17) is 0 Å². The summed E-state index contributed by atoms with van der Waals surface area (Å²) in [4.78, 5) is 31.9. The largest absolute Gasteiger partial charge is 0.471 e. The van der Waals surface area contributed by atoms with Gasteiger partial charge in [0.2, 0.25) is 0 Å². The van der Waals surface area contributed by atoms with Gasteiger partial charge in [-0.25, -0.2) is 0 Å². The van der Waals surface area contributed by atoms with Crippen LogP contribution in [0.25, 0.3) is 0 Å². The predicted octanol–water partition coefficient (Wildman–Crippen LogP) is 1.75. The van der Waals surface area contributed by atoms with Crippen LogP contribution in [0.15, 0.2) is 11.9 Å². The molecule has 1 saturated heterocycles. The summed E-state index contributed by atoms with van der Waals surface area (Å²) >= 11 is 0. The number of amides is 2. The third-order valence-corrected chi connectivity index (χ3v) is 2.62. The standard InChI is InChI=1S/C10H5F9N2O3/c11-8(12,13)4(22)3-5-20(6(23)9(14,15)16)1-2-21(5)7(24)10(17,18)19/h3H,1-2H2. The molecule has 0 N–H and O–H groups in total. The molecule has 0 aromatic rings. The van der Waals surface area contributed by atoms with Crippen molar-refractivity contribution in [2.45, 2.75) is 18.5 Å². The van der Waals surface area contributed by atoms with Gasteiger partial charge in [0.1, 0.15) is 5.82 Å². The second-order valence-corrected chi connectivity index (χ2v) is 4.27. The van der Waals surface area contributed by atoms with Crippen molar-refractivity contribution >= 4 is 17.6 Å². The van der Waals surface area contributed by atoms with Crippen molar-refractivity contribution in [3.05, 3.63) is 11.9 Å². The first-order chi connectivity index (χ1) is 10.6. The summed E-state index contributed by atoms with van der Waals surface area (Å²) < 4.78 is 111. The van der Waals surface area contributed by atoms with Gasteiger partial charge >= 0.3 is 30.3 Å². The van der Waals surface area contributed by atoms with E-state index in [0.717, 1.165) is 0 Å². The van der Waals surface area contributed by atoms with E-state index in [1.165, 1.54) is 0 Å². The molecular formula is C10H5F9N2O3. The Bertz CT molecular complexity index is 552. The third-order valence-electron chi connectivity index (χ3n) is 2.62. The lowest BCUT2D eigenvalue weighted by Crippen LogP contribution is -2.43. The number of ketones is 1. The zero-order valence-corrected chi connectivity index (χ0v) is 11.0. The minimum absolute atomic E-state index is 0.548. The molecule has 0 atom stereocenters. The van der Waals surface area contributed by atoms with E-state index in [1.807, 2.05) is 0 Å². The van der Waals surface area contributed by atoms with E-state index in [1.54, 1.807) is 0 Å². The van der Waals surface area contributed by atoms with Crippen LogP contribution in [0, 0.1) is 0 Å². The summed E-state index contributed by atoms with van der Waals surface area (Å²) in [5, 5.41) is 0. The van der Waals surface area contributed by atoms with Gasteiger partial charge in [-0.15, -0.1) is 0 Å². The van der Waals surface area contributed by atoms with E-state index in [-0.39, 0.29) is 0 Å². The van der Waals surface area contributed by atoms with Crippen molar-refractivity contribution in [1.29, 1.82) is 0 Å². The molecule has 0 saturated carbocycles. The lowest BCUT2D eigenvalue weighted by atomic mass is 10.3. The number of hydrogen-bond donors (Lipinski definition) is 0. The van der Waals surface area contributed by atoms with Crippen molar-refractivity contribution < 1.29 is 53.9 Å². The highest BCUT2D eigenvalue weighted by molar-refractivity contribution is 5.97. The molecule has 0 spiro atoms. The molecule has 1 rings (SSSR count). The first kappa shape index (κ1) is 19.8. The number of carbonyl (C=O) groups is 3. The normalized spacial score (nSPS) is 16.5. The number of hydrogen-bond acceptors (Lipinski definition) is 3. The molecule has 0 aromatic heterocycles. The first-order valence-corrected chi connectivity index (χ1v) is 5.67. The molecule has 5 nitrogen and oxygen atoms in total. The van der Waals surface area contributed by atoms with Gasteiger partial charge in [0.05, 0.1) is 0 Å². The Morgan fingerprint density at radius 2 is 1.04 bits per heavy atom. The fraction of sp³-hybridized carbons (Fsp3) is 0.500. The SMILES string of the molecule is O=C(C=C1N(C(=O)C(F)(F)F)CCN1C(=O)C(F)(F)F)C(F)(F)F. The monoisotopic (exact) mass is 372 g/mol. The molecule has 1 fully saturated rings. The molecule has 0 aromatic carbocycles. The number of carbonyl (C=O) groups excluding carboxylic acids is 3. The van der Waals surface area contributed by atoms with Crippen LogP contribution in [0.2, 0.25) is 0 Å². The molecule has 2 amide bonds. The number of halogens is 9. The smallest absolute Gasteiger partial charge is 0.288 e. The van der Waals surface area contributed by atoms with Crippen LogP contribution in [0.5, 0.6) is 0 Å². The molecule has 24 heavy (non-hydrogen) atoms. The summed E-state index contributed by atoms with van der Waals surface area (Å²) in [6.07, 6.45) is -17.6. The summed E-state index contributed by atoms with van der Waals surface area (Å²) in [6, 6.07) is 0. The van der Waals surface area contributed by atoms with Crippen molar-refractivity contribution in [2.75, 3.05) is 13.1 Å². The Balaban J connectivity index is 3.35. The number of nitrogens with zero attached hydrogens (tertiary/aromatic N) is 2. The fourth-order valence-corrected chi connectivity index (χ4v) is 1.65. The maximum atomic E-state index is 12.4. The topological polar surface area (TPSA) is 57.7 Å². The van der Waals surface area contributed by atoms with Crippen LogP contribution in [0.4, 0.5) is 39.5 Å². The maximum Gasteiger partial charge on any atom is 0.471 e. The average molecular weight is 372 g/mol. The zero-order valence-electron chi connectivity index (χ0n) is 11.0. The van der Waals surface area contributed by atoms with E-state index in [0.29, 0.717) is 0 Å². The molecule has 1 heterocycles. The Kier molecular flexibility index (Phi) is 4.92. The van der Waals surface area contributed by atoms with Gasteiger partial charge in [0, 0.05) is 19.2 Å². The summed E-state index contributed by atoms with van der Waals surface area (Å²) in [5.41, 5.74) is 0. The van der Waals surface area contributed by atoms with Gasteiger partial charge in [-0.3, -0.25) is 24.2 Å². The zero-order chi connectivity index (χ0) is 19.1. The van der Waals surface area contributed by atoms with Crippen LogP contribution in [-0.4, -0.2) is 59.0 Å². The molecule has 0 aliphatic carbocycles. The molecule has 14 heteroatoms. The van der Waals surface area contributed by atoms with E-state index >= 15 is 0 Å². The maximum absolute atomic E-state index is 12.4. The number of alkyl halides is 9. The Morgan fingerprint density at radius 1 is 0.708 bits per heavy atom. The van der Waals surface area contributed by atoms with Gasteiger partial charge in [0.25, 0.3) is 5.78 Å². The van der Waals surface area contributed by atoms with E-state index in [2.05, 4.69) is 0 Å². The molecule has 136 valence electrons. The lowest BCUT2D eigenvalue weighted by molar-refractivity contribution is -0.186. The Morgan fingerprint density at radius 3 is 1.29 bits per heavy atom. The first-order valence-electron chi connectivity index (χ1n) is 5.67. The Hall–Kier alpha value is -2.28. The number of rotatable bonds is 1. The van der Waals surface area contributed by atoms with Crippen molar-refractivity contribution in [2.24, 2.45) is 0 Å². The second-order valence-electron chi connectivity index (χ2n) is 4.27. The van der Waals surface area contributed by atoms with Crippen LogP contribution < -0.4 is 0 Å². The van der Waals surface area contributed by atoms with Crippen molar-refractivity contribution in [3.63, 3.8) is 0 Å². The van der Waals surface area contributed by atoms with Gasteiger partial charge in [-0.2, -0.15) is 39.5 Å². The summed E-state index contributed by atoms with van der Waals surface area (Å²) in [7, 11) is 0. The van der Waals surface area contributed by atoms with Gasteiger partial charge in [0.15, 0.2) is 0 Å². The van der Waals surface area contributed by atoms with Crippen LogP contribution >= 0.6 is 0 Å². The molecule has 0 radical (unpaired) electrons. The van der Waals surface area contributed by atoms with Crippen molar-refractivity contribution in [3.8, 4) is 0 Å². The third kappa shape index (κ3) is 4.17. The minimum atomic E-state index is -5.64. The molecule has 1 aliphatic heterocycles. The van der Waals surface area contributed by atoms with Crippen molar-refractivity contribution in [1.82, 2.24) is 9.80 Å². The van der Waals surface area contributed by atoms with Crippen LogP contribution in [0.3, 0.4) is 0 Å². The lowest BCUT2D eigenvalue weighted by Gasteiger charge is -2.23. The van der Waals surface area contributed by atoms with Crippen LogP contribution in [-0.2, 0) is 14.4 Å². The minimum Gasteiger partial charge on any atom is -0.288 e. The van der Waals surface area contributed by atoms with Gasteiger partial charge < -0.3 is 0 Å². The second kappa shape index (κ2) is 5.98.